The molecule has 0 unspecified atom stereocenters. The number of aromatic nitrogens is 2. The molecule has 0 aliphatic carbocycles. The Balaban J connectivity index is 2.70. The first-order chi connectivity index (χ1) is 6.70. The minimum Gasteiger partial charge on any atom is -0.311 e. The highest BCUT2D eigenvalue weighted by Gasteiger charge is 2.11. The minimum absolute atomic E-state index is 0.887. The Labute approximate surface area is 94.0 Å². The van der Waals surface area contributed by atoms with Crippen molar-refractivity contribution in [3.63, 3.8) is 0 Å². The molecule has 1 aromatic heterocycles. The van der Waals surface area contributed by atoms with Crippen LogP contribution in [0.3, 0.4) is 0 Å². The van der Waals surface area contributed by atoms with E-state index >= 15 is 0 Å². The van der Waals surface area contributed by atoms with Gasteiger partial charge in [-0.2, -0.15) is 5.10 Å². The standard InChI is InChI=1S/C10H18BrN3/c1-4-6-12-7-9-10(11)8(5-2)13-14(9)3/h12H,4-7H2,1-3H3. The first-order valence-electron chi connectivity index (χ1n) is 5.11. The van der Waals surface area contributed by atoms with Gasteiger partial charge in [-0.3, -0.25) is 4.68 Å². The van der Waals surface area contributed by atoms with Crippen molar-refractivity contribution in [1.82, 2.24) is 15.1 Å². The lowest BCUT2D eigenvalue weighted by molar-refractivity contribution is 0.616. The molecule has 80 valence electrons. The Morgan fingerprint density at radius 3 is 2.64 bits per heavy atom. The fourth-order valence-corrected chi connectivity index (χ4v) is 2.15. The zero-order chi connectivity index (χ0) is 10.6. The van der Waals surface area contributed by atoms with Crippen LogP contribution in [0.25, 0.3) is 0 Å². The maximum absolute atomic E-state index is 4.44. The molecular weight excluding hydrogens is 242 g/mol. The van der Waals surface area contributed by atoms with E-state index in [0.717, 1.165) is 36.1 Å². The van der Waals surface area contributed by atoms with Crippen molar-refractivity contribution in [1.29, 1.82) is 0 Å². The van der Waals surface area contributed by atoms with Crippen LogP contribution < -0.4 is 5.32 Å². The summed E-state index contributed by atoms with van der Waals surface area (Å²) in [6, 6.07) is 0. The smallest absolute Gasteiger partial charge is 0.0767 e. The minimum atomic E-state index is 0.887. The van der Waals surface area contributed by atoms with Crippen molar-refractivity contribution in [2.45, 2.75) is 33.2 Å². The molecule has 1 rings (SSSR count). The normalized spacial score (nSPS) is 10.9. The van der Waals surface area contributed by atoms with E-state index in [9.17, 15) is 0 Å². The van der Waals surface area contributed by atoms with Crippen LogP contribution in [0.4, 0.5) is 0 Å². The SMILES string of the molecule is CCCNCc1c(Br)c(CC)nn1C. The van der Waals surface area contributed by atoms with Gasteiger partial charge in [-0.15, -0.1) is 0 Å². The average Bonchev–Trinajstić information content (AvgIpc) is 2.45. The lowest BCUT2D eigenvalue weighted by Crippen LogP contribution is -2.16. The summed E-state index contributed by atoms with van der Waals surface area (Å²) in [7, 11) is 1.99. The Kier molecular flexibility index (Phi) is 4.62. The quantitative estimate of drug-likeness (QED) is 0.823. The number of rotatable bonds is 5. The van der Waals surface area contributed by atoms with E-state index < -0.39 is 0 Å². The Bertz CT molecular complexity index is 294. The molecule has 0 saturated carbocycles. The molecule has 1 heterocycles. The third-order valence-corrected chi connectivity index (χ3v) is 3.14. The lowest BCUT2D eigenvalue weighted by atomic mass is 10.3. The van der Waals surface area contributed by atoms with E-state index in [4.69, 9.17) is 0 Å². The number of hydrogen-bond donors (Lipinski definition) is 1. The molecule has 14 heavy (non-hydrogen) atoms. The maximum Gasteiger partial charge on any atom is 0.0767 e. The molecule has 0 saturated heterocycles. The summed E-state index contributed by atoms with van der Waals surface area (Å²) in [6.45, 7) is 6.23. The molecule has 0 aromatic carbocycles. The average molecular weight is 260 g/mol. The summed E-state index contributed by atoms with van der Waals surface area (Å²) < 4.78 is 3.11. The highest BCUT2D eigenvalue weighted by Crippen LogP contribution is 2.21. The van der Waals surface area contributed by atoms with Gasteiger partial charge in [-0.1, -0.05) is 13.8 Å². The van der Waals surface area contributed by atoms with Gasteiger partial charge in [0.25, 0.3) is 0 Å². The summed E-state index contributed by atoms with van der Waals surface area (Å²) in [5, 5.41) is 7.82. The Morgan fingerprint density at radius 2 is 2.14 bits per heavy atom. The number of nitrogens with zero attached hydrogens (tertiary/aromatic N) is 2. The predicted octanol–water partition coefficient (Wildman–Crippen LogP) is 2.24. The van der Waals surface area contributed by atoms with Gasteiger partial charge < -0.3 is 5.32 Å². The van der Waals surface area contributed by atoms with Crippen molar-refractivity contribution in [3.05, 3.63) is 15.9 Å². The third-order valence-electron chi connectivity index (χ3n) is 2.22. The summed E-state index contributed by atoms with van der Waals surface area (Å²) in [4.78, 5) is 0. The molecule has 4 heteroatoms. The van der Waals surface area contributed by atoms with E-state index in [-0.39, 0.29) is 0 Å². The Morgan fingerprint density at radius 1 is 1.43 bits per heavy atom. The van der Waals surface area contributed by atoms with Gasteiger partial charge in [0.1, 0.15) is 0 Å². The van der Waals surface area contributed by atoms with Gasteiger partial charge in [-0.25, -0.2) is 0 Å². The largest absolute Gasteiger partial charge is 0.311 e. The van der Waals surface area contributed by atoms with E-state index in [1.54, 1.807) is 0 Å². The molecule has 0 bridgehead atoms. The van der Waals surface area contributed by atoms with Gasteiger partial charge in [0.05, 0.1) is 15.9 Å². The van der Waals surface area contributed by atoms with E-state index in [0.29, 0.717) is 0 Å². The van der Waals surface area contributed by atoms with Crippen molar-refractivity contribution in [2.75, 3.05) is 6.54 Å². The van der Waals surface area contributed by atoms with Crippen LogP contribution in [-0.2, 0) is 20.0 Å². The fraction of sp³-hybridized carbons (Fsp3) is 0.700. The van der Waals surface area contributed by atoms with E-state index in [1.165, 1.54) is 5.69 Å². The third kappa shape index (κ3) is 2.58. The molecule has 1 N–H and O–H groups in total. The first-order valence-corrected chi connectivity index (χ1v) is 5.90. The molecule has 0 atom stereocenters. The van der Waals surface area contributed by atoms with Gasteiger partial charge in [0, 0.05) is 13.6 Å². The fourth-order valence-electron chi connectivity index (χ4n) is 1.40. The summed E-state index contributed by atoms with van der Waals surface area (Å²) in [5.41, 5.74) is 2.37. The molecule has 0 spiro atoms. The topological polar surface area (TPSA) is 29.9 Å². The van der Waals surface area contributed by atoms with Crippen LogP contribution >= 0.6 is 15.9 Å². The maximum atomic E-state index is 4.44. The second kappa shape index (κ2) is 5.51. The summed E-state index contributed by atoms with van der Waals surface area (Å²) in [6.07, 6.45) is 2.14. The highest BCUT2D eigenvalue weighted by atomic mass is 79.9. The molecule has 1 aromatic rings. The Hall–Kier alpha value is -0.350. The summed E-state index contributed by atoms with van der Waals surface area (Å²) >= 11 is 3.59. The second-order valence-corrected chi connectivity index (χ2v) is 4.15. The zero-order valence-corrected chi connectivity index (χ0v) is 10.7. The lowest BCUT2D eigenvalue weighted by Gasteiger charge is -2.03. The number of aryl methyl sites for hydroxylation is 2. The van der Waals surface area contributed by atoms with Crippen LogP contribution in [0.2, 0.25) is 0 Å². The van der Waals surface area contributed by atoms with Gasteiger partial charge in [0.2, 0.25) is 0 Å². The molecule has 0 aliphatic heterocycles. The van der Waals surface area contributed by atoms with Gasteiger partial charge >= 0.3 is 0 Å². The monoisotopic (exact) mass is 259 g/mol. The molecule has 0 fully saturated rings. The van der Waals surface area contributed by atoms with Crippen LogP contribution in [0.5, 0.6) is 0 Å². The van der Waals surface area contributed by atoms with Crippen LogP contribution in [0, 0.1) is 0 Å². The van der Waals surface area contributed by atoms with Gasteiger partial charge in [0.15, 0.2) is 0 Å². The molecule has 3 nitrogen and oxygen atoms in total. The van der Waals surface area contributed by atoms with Crippen LogP contribution in [-0.4, -0.2) is 16.3 Å². The number of nitrogens with one attached hydrogen (secondary N) is 1. The zero-order valence-electron chi connectivity index (χ0n) is 9.10. The van der Waals surface area contributed by atoms with E-state index in [2.05, 4.69) is 40.2 Å². The first kappa shape index (κ1) is 11.7. The highest BCUT2D eigenvalue weighted by molar-refractivity contribution is 9.10. The van der Waals surface area contributed by atoms with Crippen molar-refractivity contribution in [3.8, 4) is 0 Å². The number of halogens is 1. The summed E-state index contributed by atoms with van der Waals surface area (Å²) in [5.74, 6) is 0. The molecule has 0 amide bonds. The van der Waals surface area contributed by atoms with E-state index in [1.807, 2.05) is 11.7 Å². The van der Waals surface area contributed by atoms with Crippen LogP contribution in [0.1, 0.15) is 31.7 Å². The van der Waals surface area contributed by atoms with Crippen molar-refractivity contribution in [2.24, 2.45) is 7.05 Å². The number of hydrogen-bond acceptors (Lipinski definition) is 2. The molecule has 0 radical (unpaired) electrons. The van der Waals surface area contributed by atoms with Crippen LogP contribution in [0.15, 0.2) is 4.47 Å². The van der Waals surface area contributed by atoms with Gasteiger partial charge in [-0.05, 0) is 35.3 Å². The molecular formula is C10H18BrN3. The predicted molar refractivity (Wildman–Crippen MR) is 62.3 cm³/mol. The molecule has 0 aliphatic rings. The van der Waals surface area contributed by atoms with Crippen molar-refractivity contribution < 1.29 is 0 Å². The second-order valence-electron chi connectivity index (χ2n) is 3.36. The van der Waals surface area contributed by atoms with Crippen molar-refractivity contribution >= 4 is 15.9 Å².